The third-order valence-corrected chi connectivity index (χ3v) is 3.96. The molecule has 0 N–H and O–H groups in total. The van der Waals surface area contributed by atoms with Crippen molar-refractivity contribution in [1.29, 1.82) is 0 Å². The number of allylic oxidation sites excluding steroid dienone is 1. The second-order valence-electron chi connectivity index (χ2n) is 5.34. The van der Waals surface area contributed by atoms with E-state index in [1.165, 1.54) is 0 Å². The van der Waals surface area contributed by atoms with Crippen molar-refractivity contribution in [1.82, 2.24) is 0 Å². The molecular weight excluding hydrogens is 252 g/mol. The van der Waals surface area contributed by atoms with E-state index in [4.69, 9.17) is 9.47 Å². The van der Waals surface area contributed by atoms with Gasteiger partial charge in [0, 0.05) is 0 Å². The van der Waals surface area contributed by atoms with Crippen molar-refractivity contribution in [2.75, 3.05) is 7.11 Å². The summed E-state index contributed by atoms with van der Waals surface area (Å²) in [5.74, 6) is 1.97. The minimum atomic E-state index is -0.104. The summed E-state index contributed by atoms with van der Waals surface area (Å²) in [6.45, 7) is 3.78. The van der Waals surface area contributed by atoms with Crippen molar-refractivity contribution in [3.8, 4) is 11.5 Å². The molecule has 0 amide bonds. The Morgan fingerprint density at radius 3 is 2.35 bits per heavy atom. The molecule has 0 aromatic heterocycles. The van der Waals surface area contributed by atoms with Gasteiger partial charge in [-0.2, -0.15) is 0 Å². The van der Waals surface area contributed by atoms with Gasteiger partial charge in [0.05, 0.1) is 13.0 Å². The zero-order valence-corrected chi connectivity index (χ0v) is 12.0. The maximum absolute atomic E-state index is 12.1. The van der Waals surface area contributed by atoms with Crippen LogP contribution in [-0.4, -0.2) is 13.1 Å². The van der Waals surface area contributed by atoms with Crippen LogP contribution in [0.1, 0.15) is 32.1 Å². The van der Waals surface area contributed by atoms with Gasteiger partial charge in [0.1, 0.15) is 11.5 Å². The van der Waals surface area contributed by atoms with Gasteiger partial charge in [-0.1, -0.05) is 6.08 Å². The second-order valence-corrected chi connectivity index (χ2v) is 5.34. The van der Waals surface area contributed by atoms with E-state index in [1.54, 1.807) is 31.4 Å². The summed E-state index contributed by atoms with van der Waals surface area (Å²) in [6, 6.07) is 7.12. The minimum absolute atomic E-state index is 0.0400. The van der Waals surface area contributed by atoms with Gasteiger partial charge in [-0.3, -0.25) is 4.79 Å². The number of ether oxygens (including phenoxy) is 2. The fraction of sp³-hybridized carbons (Fsp3) is 0.471. The molecule has 0 unspecified atom stereocenters. The number of carbonyl (C=O) groups is 1. The van der Waals surface area contributed by atoms with Crippen LogP contribution in [0.2, 0.25) is 0 Å². The molecule has 108 valence electrons. The third-order valence-electron chi connectivity index (χ3n) is 3.96. The minimum Gasteiger partial charge on any atom is -0.497 e. The summed E-state index contributed by atoms with van der Waals surface area (Å²) in [6.07, 6.45) is 7.06. The number of benzene rings is 1. The molecular formula is C17H22O3. The Morgan fingerprint density at radius 1 is 1.20 bits per heavy atom. The van der Waals surface area contributed by atoms with Crippen molar-refractivity contribution in [3.05, 3.63) is 36.9 Å². The largest absolute Gasteiger partial charge is 0.497 e. The molecule has 0 saturated heterocycles. The summed E-state index contributed by atoms with van der Waals surface area (Å²) >= 11 is 0. The molecule has 0 radical (unpaired) electrons. The first-order valence-corrected chi connectivity index (χ1v) is 7.19. The van der Waals surface area contributed by atoms with Crippen LogP contribution in [0.25, 0.3) is 0 Å². The predicted molar refractivity (Wildman–Crippen MR) is 78.9 cm³/mol. The standard InChI is InChI=1S/C17H22O3/c1-3-4-13-5-7-14(8-6-13)17(18)20-16-11-9-15(19-2)10-12-16/h3,9-14H,1,4-8H2,2H3. The first kappa shape index (κ1) is 14.6. The SMILES string of the molecule is C=CCC1CCC(C(=O)Oc2ccc(OC)cc2)CC1. The van der Waals surface area contributed by atoms with Gasteiger partial charge in [-0.25, -0.2) is 0 Å². The fourth-order valence-corrected chi connectivity index (χ4v) is 2.71. The van der Waals surface area contributed by atoms with E-state index in [0.29, 0.717) is 11.7 Å². The second kappa shape index (κ2) is 7.13. The van der Waals surface area contributed by atoms with Crippen molar-refractivity contribution in [2.24, 2.45) is 11.8 Å². The van der Waals surface area contributed by atoms with Crippen molar-refractivity contribution >= 4 is 5.97 Å². The van der Waals surface area contributed by atoms with Crippen LogP contribution in [0.5, 0.6) is 11.5 Å². The Kier molecular flexibility index (Phi) is 5.22. The number of hydrogen-bond acceptors (Lipinski definition) is 3. The lowest BCUT2D eigenvalue weighted by molar-refractivity contribution is -0.140. The zero-order valence-electron chi connectivity index (χ0n) is 12.0. The first-order valence-electron chi connectivity index (χ1n) is 7.19. The van der Waals surface area contributed by atoms with E-state index in [-0.39, 0.29) is 11.9 Å². The molecule has 2 rings (SSSR count). The molecule has 3 heteroatoms. The fourth-order valence-electron chi connectivity index (χ4n) is 2.71. The van der Waals surface area contributed by atoms with E-state index < -0.39 is 0 Å². The zero-order chi connectivity index (χ0) is 14.4. The van der Waals surface area contributed by atoms with Crippen LogP contribution in [0, 0.1) is 11.8 Å². The molecule has 1 aromatic rings. The van der Waals surface area contributed by atoms with Crippen LogP contribution >= 0.6 is 0 Å². The predicted octanol–water partition coefficient (Wildman–Crippen LogP) is 3.98. The summed E-state index contributed by atoms with van der Waals surface area (Å²) < 4.78 is 10.5. The molecule has 0 heterocycles. The highest BCUT2D eigenvalue weighted by Gasteiger charge is 2.27. The Hall–Kier alpha value is -1.77. The molecule has 1 aromatic carbocycles. The number of methoxy groups -OCH3 is 1. The van der Waals surface area contributed by atoms with E-state index in [2.05, 4.69) is 6.58 Å². The molecule has 0 atom stereocenters. The maximum atomic E-state index is 12.1. The van der Waals surface area contributed by atoms with E-state index in [1.807, 2.05) is 6.08 Å². The molecule has 0 bridgehead atoms. The molecule has 0 aliphatic heterocycles. The van der Waals surface area contributed by atoms with Gasteiger partial charge in [-0.15, -0.1) is 6.58 Å². The Bertz CT molecular complexity index is 442. The molecule has 1 saturated carbocycles. The average Bonchev–Trinajstić information content (AvgIpc) is 2.49. The normalized spacial score (nSPS) is 22.1. The maximum Gasteiger partial charge on any atom is 0.314 e. The van der Waals surface area contributed by atoms with Gasteiger partial charge in [0.2, 0.25) is 0 Å². The highest BCUT2D eigenvalue weighted by atomic mass is 16.5. The Morgan fingerprint density at radius 2 is 1.80 bits per heavy atom. The van der Waals surface area contributed by atoms with Crippen molar-refractivity contribution in [3.63, 3.8) is 0 Å². The number of hydrogen-bond donors (Lipinski definition) is 0. The molecule has 20 heavy (non-hydrogen) atoms. The van der Waals surface area contributed by atoms with Gasteiger partial charge in [0.15, 0.2) is 0 Å². The smallest absolute Gasteiger partial charge is 0.314 e. The van der Waals surface area contributed by atoms with Gasteiger partial charge >= 0.3 is 5.97 Å². The summed E-state index contributed by atoms with van der Waals surface area (Å²) in [5.41, 5.74) is 0. The lowest BCUT2D eigenvalue weighted by Gasteiger charge is -2.26. The monoisotopic (exact) mass is 274 g/mol. The quantitative estimate of drug-likeness (QED) is 0.463. The molecule has 1 fully saturated rings. The van der Waals surface area contributed by atoms with E-state index in [0.717, 1.165) is 37.9 Å². The molecule has 1 aliphatic carbocycles. The lowest BCUT2D eigenvalue weighted by Crippen LogP contribution is -2.25. The number of esters is 1. The highest BCUT2D eigenvalue weighted by Crippen LogP contribution is 2.32. The van der Waals surface area contributed by atoms with E-state index in [9.17, 15) is 4.79 Å². The van der Waals surface area contributed by atoms with Crippen molar-refractivity contribution in [2.45, 2.75) is 32.1 Å². The number of carbonyl (C=O) groups excluding carboxylic acids is 1. The van der Waals surface area contributed by atoms with E-state index >= 15 is 0 Å². The summed E-state index contributed by atoms with van der Waals surface area (Å²) in [4.78, 5) is 12.1. The van der Waals surface area contributed by atoms with Crippen LogP contribution in [0.4, 0.5) is 0 Å². The van der Waals surface area contributed by atoms with Gasteiger partial charge < -0.3 is 9.47 Å². The Balaban J connectivity index is 1.84. The Labute approximate surface area is 120 Å². The van der Waals surface area contributed by atoms with Gasteiger partial charge in [0.25, 0.3) is 0 Å². The summed E-state index contributed by atoms with van der Waals surface area (Å²) in [7, 11) is 1.61. The molecule has 0 spiro atoms. The number of rotatable bonds is 5. The van der Waals surface area contributed by atoms with Crippen LogP contribution in [0.15, 0.2) is 36.9 Å². The van der Waals surface area contributed by atoms with Crippen LogP contribution in [0.3, 0.4) is 0 Å². The van der Waals surface area contributed by atoms with Gasteiger partial charge in [-0.05, 0) is 62.3 Å². The van der Waals surface area contributed by atoms with Crippen LogP contribution < -0.4 is 9.47 Å². The van der Waals surface area contributed by atoms with Crippen LogP contribution in [-0.2, 0) is 4.79 Å². The average molecular weight is 274 g/mol. The highest BCUT2D eigenvalue weighted by molar-refractivity contribution is 5.75. The molecule has 1 aliphatic rings. The molecule has 3 nitrogen and oxygen atoms in total. The first-order chi connectivity index (χ1) is 9.72. The van der Waals surface area contributed by atoms with Crippen molar-refractivity contribution < 1.29 is 14.3 Å². The topological polar surface area (TPSA) is 35.5 Å². The summed E-state index contributed by atoms with van der Waals surface area (Å²) in [5, 5.41) is 0. The lowest BCUT2D eigenvalue weighted by atomic mass is 9.80. The third kappa shape index (κ3) is 3.86.